The number of hydrogen-bond acceptors (Lipinski definition) is 3. The van der Waals surface area contributed by atoms with Crippen LogP contribution in [0.2, 0.25) is 0 Å². The van der Waals surface area contributed by atoms with Crippen LogP contribution in [-0.4, -0.2) is 54.0 Å². The van der Waals surface area contributed by atoms with Crippen molar-refractivity contribution in [1.82, 2.24) is 10.2 Å². The summed E-state index contributed by atoms with van der Waals surface area (Å²) in [4.78, 5) is 26.0. The fraction of sp³-hybridized carbons (Fsp3) is 0.857. The van der Waals surface area contributed by atoms with Crippen LogP contribution >= 0.6 is 0 Å². The summed E-state index contributed by atoms with van der Waals surface area (Å²) in [5.41, 5.74) is 0. The van der Waals surface area contributed by atoms with Crippen LogP contribution in [0, 0.1) is 5.92 Å². The Morgan fingerprint density at radius 1 is 1.38 bits per heavy atom. The first-order chi connectivity index (χ1) is 9.68. The van der Waals surface area contributed by atoms with Crippen LogP contribution in [0.1, 0.15) is 33.6 Å². The van der Waals surface area contributed by atoms with Gasteiger partial charge in [-0.1, -0.05) is 0 Å². The molecule has 1 aliphatic heterocycles. The minimum atomic E-state index is -2.70. The average Bonchev–Trinajstić information content (AvgIpc) is 2.35. The predicted octanol–water partition coefficient (Wildman–Crippen LogP) is 1.17. The lowest BCUT2D eigenvalue weighted by molar-refractivity contribution is -0.176. The van der Waals surface area contributed by atoms with Gasteiger partial charge in [-0.3, -0.25) is 9.59 Å². The van der Waals surface area contributed by atoms with Crippen LogP contribution in [0.3, 0.4) is 0 Å². The lowest BCUT2D eigenvalue weighted by atomic mass is 9.76. The molecule has 0 radical (unpaired) electrons. The van der Waals surface area contributed by atoms with Gasteiger partial charge < -0.3 is 15.0 Å². The average molecular weight is 304 g/mol. The van der Waals surface area contributed by atoms with E-state index in [4.69, 9.17) is 4.74 Å². The zero-order valence-corrected chi connectivity index (χ0v) is 12.7. The SMILES string of the molecule is COC(C(=O)N1C(C)C(=O)NC(C)C1C)C1CC(F)(F)C1. The number of carbonyl (C=O) groups excluding carboxylic acids is 2. The summed E-state index contributed by atoms with van der Waals surface area (Å²) in [6.07, 6.45) is -1.59. The number of rotatable bonds is 3. The summed E-state index contributed by atoms with van der Waals surface area (Å²) in [5, 5.41) is 2.80. The number of nitrogens with zero attached hydrogens (tertiary/aromatic N) is 1. The molecule has 2 rings (SSSR count). The normalized spacial score (nSPS) is 34.1. The molecule has 0 aromatic rings. The number of carbonyl (C=O) groups is 2. The van der Waals surface area contributed by atoms with Gasteiger partial charge in [-0.2, -0.15) is 0 Å². The molecule has 21 heavy (non-hydrogen) atoms. The Kier molecular flexibility index (Phi) is 4.24. The van der Waals surface area contributed by atoms with Gasteiger partial charge in [0.25, 0.3) is 5.91 Å². The topological polar surface area (TPSA) is 58.6 Å². The second kappa shape index (κ2) is 5.51. The minimum Gasteiger partial charge on any atom is -0.371 e. The van der Waals surface area contributed by atoms with Crippen LogP contribution in [-0.2, 0) is 14.3 Å². The maximum atomic E-state index is 13.0. The molecule has 1 saturated heterocycles. The molecule has 4 unspecified atom stereocenters. The Balaban J connectivity index is 2.14. The van der Waals surface area contributed by atoms with Crippen molar-refractivity contribution in [3.05, 3.63) is 0 Å². The van der Waals surface area contributed by atoms with Gasteiger partial charge in [0.05, 0.1) is 0 Å². The van der Waals surface area contributed by atoms with E-state index in [2.05, 4.69) is 5.32 Å². The first kappa shape index (κ1) is 16.1. The number of alkyl halides is 2. The van der Waals surface area contributed by atoms with Crippen molar-refractivity contribution in [3.8, 4) is 0 Å². The molecule has 0 spiro atoms. The van der Waals surface area contributed by atoms with Gasteiger partial charge in [-0.05, 0) is 20.8 Å². The quantitative estimate of drug-likeness (QED) is 0.851. The lowest BCUT2D eigenvalue weighted by Crippen LogP contribution is -2.66. The summed E-state index contributed by atoms with van der Waals surface area (Å²) < 4.78 is 31.2. The molecule has 1 aliphatic carbocycles. The Morgan fingerprint density at radius 3 is 2.43 bits per heavy atom. The van der Waals surface area contributed by atoms with E-state index in [0.717, 1.165) is 0 Å². The highest BCUT2D eigenvalue weighted by Crippen LogP contribution is 2.45. The molecule has 1 saturated carbocycles. The maximum absolute atomic E-state index is 13.0. The number of ether oxygens (including phenoxy) is 1. The van der Waals surface area contributed by atoms with Crippen LogP contribution in [0.4, 0.5) is 8.78 Å². The molecule has 2 amide bonds. The van der Waals surface area contributed by atoms with Crippen molar-refractivity contribution in [2.24, 2.45) is 5.92 Å². The largest absolute Gasteiger partial charge is 0.371 e. The number of piperazine rings is 1. The Morgan fingerprint density at radius 2 is 1.95 bits per heavy atom. The van der Waals surface area contributed by atoms with Crippen LogP contribution in [0.5, 0.6) is 0 Å². The zero-order chi connectivity index (χ0) is 15.9. The molecule has 0 bridgehead atoms. The summed E-state index contributed by atoms with van der Waals surface area (Å²) >= 11 is 0. The van der Waals surface area contributed by atoms with E-state index < -0.39 is 24.0 Å². The Labute approximate surface area is 123 Å². The summed E-state index contributed by atoms with van der Waals surface area (Å²) in [6, 6.07) is -1.01. The molecule has 2 aliphatic rings. The summed E-state index contributed by atoms with van der Waals surface area (Å²) in [7, 11) is 1.35. The molecule has 4 atom stereocenters. The predicted molar refractivity (Wildman–Crippen MR) is 71.8 cm³/mol. The molecule has 0 aromatic heterocycles. The van der Waals surface area contributed by atoms with Crippen LogP contribution < -0.4 is 5.32 Å². The van der Waals surface area contributed by atoms with Crippen molar-refractivity contribution >= 4 is 11.8 Å². The number of halogens is 2. The van der Waals surface area contributed by atoms with Crippen LogP contribution in [0.15, 0.2) is 0 Å². The van der Waals surface area contributed by atoms with Crippen LogP contribution in [0.25, 0.3) is 0 Å². The highest BCUT2D eigenvalue weighted by atomic mass is 19.3. The molecular formula is C14H22F2N2O3. The van der Waals surface area contributed by atoms with E-state index in [1.165, 1.54) is 12.0 Å². The molecule has 7 heteroatoms. The fourth-order valence-corrected chi connectivity index (χ4v) is 3.14. The summed E-state index contributed by atoms with van der Waals surface area (Å²) in [6.45, 7) is 5.28. The fourth-order valence-electron chi connectivity index (χ4n) is 3.14. The third-order valence-corrected chi connectivity index (χ3v) is 4.63. The number of methoxy groups -OCH3 is 1. The van der Waals surface area contributed by atoms with E-state index in [1.807, 2.05) is 13.8 Å². The van der Waals surface area contributed by atoms with Gasteiger partial charge >= 0.3 is 0 Å². The van der Waals surface area contributed by atoms with Crippen molar-refractivity contribution < 1.29 is 23.1 Å². The van der Waals surface area contributed by atoms with Crippen molar-refractivity contribution in [2.45, 2.75) is 63.8 Å². The first-order valence-electron chi connectivity index (χ1n) is 7.21. The monoisotopic (exact) mass is 304 g/mol. The van der Waals surface area contributed by atoms with E-state index >= 15 is 0 Å². The van der Waals surface area contributed by atoms with Gasteiger partial charge in [0.1, 0.15) is 12.1 Å². The molecule has 2 fully saturated rings. The highest BCUT2D eigenvalue weighted by Gasteiger charge is 2.52. The lowest BCUT2D eigenvalue weighted by Gasteiger charge is -2.46. The summed E-state index contributed by atoms with van der Waals surface area (Å²) in [5.74, 6) is -3.80. The van der Waals surface area contributed by atoms with E-state index in [-0.39, 0.29) is 36.7 Å². The zero-order valence-electron chi connectivity index (χ0n) is 12.7. The molecule has 1 heterocycles. The minimum absolute atomic E-state index is 0.182. The van der Waals surface area contributed by atoms with E-state index in [1.54, 1.807) is 6.92 Å². The van der Waals surface area contributed by atoms with Gasteiger partial charge in [-0.15, -0.1) is 0 Å². The van der Waals surface area contributed by atoms with Gasteiger partial charge in [0.2, 0.25) is 11.8 Å². The van der Waals surface area contributed by atoms with Gasteiger partial charge in [0.15, 0.2) is 0 Å². The molecule has 1 N–H and O–H groups in total. The molecule has 5 nitrogen and oxygen atoms in total. The molecular weight excluding hydrogens is 282 g/mol. The number of nitrogens with one attached hydrogen (secondary N) is 1. The van der Waals surface area contributed by atoms with Gasteiger partial charge in [0, 0.05) is 38.0 Å². The van der Waals surface area contributed by atoms with E-state index in [0.29, 0.717) is 0 Å². The molecule has 120 valence electrons. The van der Waals surface area contributed by atoms with Gasteiger partial charge in [-0.25, -0.2) is 8.78 Å². The van der Waals surface area contributed by atoms with Crippen molar-refractivity contribution in [3.63, 3.8) is 0 Å². The number of amides is 2. The second-order valence-electron chi connectivity index (χ2n) is 6.14. The second-order valence-corrected chi connectivity index (χ2v) is 6.14. The number of hydrogen-bond donors (Lipinski definition) is 1. The maximum Gasteiger partial charge on any atom is 0.252 e. The van der Waals surface area contributed by atoms with E-state index in [9.17, 15) is 18.4 Å². The highest BCUT2D eigenvalue weighted by molar-refractivity contribution is 5.91. The Hall–Kier alpha value is -1.24. The third-order valence-electron chi connectivity index (χ3n) is 4.63. The molecule has 0 aromatic carbocycles. The van der Waals surface area contributed by atoms with Crippen molar-refractivity contribution in [1.29, 1.82) is 0 Å². The third kappa shape index (κ3) is 2.88. The van der Waals surface area contributed by atoms with Crippen molar-refractivity contribution in [2.75, 3.05) is 7.11 Å². The standard InChI is InChI=1S/C14H22F2N2O3/c1-7-8(2)18(9(3)12(19)17-7)13(20)11(21-4)10-5-14(15,16)6-10/h7-11H,5-6H2,1-4H3,(H,17,19). The Bertz CT molecular complexity index is 436. The smallest absolute Gasteiger partial charge is 0.252 e. The first-order valence-corrected chi connectivity index (χ1v) is 7.21.